The van der Waals surface area contributed by atoms with Crippen LogP contribution in [0.1, 0.15) is 34.6 Å². The Bertz CT molecular complexity index is 180. The van der Waals surface area contributed by atoms with Crippen molar-refractivity contribution in [2.75, 3.05) is 0 Å². The van der Waals surface area contributed by atoms with Gasteiger partial charge in [-0.15, -0.1) is 0 Å². The molecule has 2 heteroatoms. The van der Waals surface area contributed by atoms with Crippen LogP contribution in [0.15, 0.2) is 22.1 Å². The van der Waals surface area contributed by atoms with Gasteiger partial charge in [-0.3, -0.25) is 0 Å². The smallest absolute Gasteiger partial charge is 0.00744 e. The van der Waals surface area contributed by atoms with Crippen LogP contribution in [0.25, 0.3) is 0 Å². The summed E-state index contributed by atoms with van der Waals surface area (Å²) < 4.78 is 0. The Balaban J connectivity index is 4.40. The number of hydrogen-bond donors (Lipinski definition) is 1. The molecule has 0 amide bonds. The van der Waals surface area contributed by atoms with Crippen LogP contribution in [-0.4, -0.2) is 0 Å². The van der Waals surface area contributed by atoms with Crippen LogP contribution < -0.4 is 5.73 Å². The van der Waals surface area contributed by atoms with E-state index in [9.17, 15) is 0 Å². The molecular formula is C11H21NS. The van der Waals surface area contributed by atoms with Crippen molar-refractivity contribution in [3.05, 3.63) is 22.1 Å². The SMILES string of the molecule is C/C=C(\S/C(=C\N)C(C)C)C(C)C. The predicted molar refractivity (Wildman–Crippen MR) is 63.3 cm³/mol. The van der Waals surface area contributed by atoms with Gasteiger partial charge in [0.2, 0.25) is 0 Å². The zero-order valence-corrected chi connectivity index (χ0v) is 10.1. The minimum Gasteiger partial charge on any atom is -0.404 e. The van der Waals surface area contributed by atoms with Crippen LogP contribution in [0.4, 0.5) is 0 Å². The molecule has 0 aromatic heterocycles. The molecule has 0 radical (unpaired) electrons. The van der Waals surface area contributed by atoms with Gasteiger partial charge in [-0.25, -0.2) is 0 Å². The molecule has 0 fully saturated rings. The van der Waals surface area contributed by atoms with Gasteiger partial charge < -0.3 is 5.73 Å². The lowest BCUT2D eigenvalue weighted by Crippen LogP contribution is -1.97. The minimum absolute atomic E-state index is 0.517. The molecule has 2 N–H and O–H groups in total. The summed E-state index contributed by atoms with van der Waals surface area (Å²) in [7, 11) is 0. The van der Waals surface area contributed by atoms with E-state index in [1.54, 1.807) is 18.0 Å². The Morgan fingerprint density at radius 3 is 1.77 bits per heavy atom. The highest BCUT2D eigenvalue weighted by Crippen LogP contribution is 2.34. The third-order valence-electron chi connectivity index (χ3n) is 1.82. The molecule has 0 bridgehead atoms. The van der Waals surface area contributed by atoms with E-state index in [0.717, 1.165) is 0 Å². The summed E-state index contributed by atoms with van der Waals surface area (Å²) in [6, 6.07) is 0. The fraction of sp³-hybridized carbons (Fsp3) is 0.636. The third-order valence-corrected chi connectivity index (χ3v) is 3.61. The van der Waals surface area contributed by atoms with Gasteiger partial charge in [-0.05, 0) is 23.7 Å². The lowest BCUT2D eigenvalue weighted by atomic mass is 10.2. The Hall–Kier alpha value is -0.370. The zero-order chi connectivity index (χ0) is 10.4. The summed E-state index contributed by atoms with van der Waals surface area (Å²) in [5, 5.41) is 0. The number of thioether (sulfide) groups is 1. The number of hydrogen-bond acceptors (Lipinski definition) is 2. The van der Waals surface area contributed by atoms with Crippen LogP contribution >= 0.6 is 11.8 Å². The van der Waals surface area contributed by atoms with Crippen LogP contribution in [0.3, 0.4) is 0 Å². The van der Waals surface area contributed by atoms with E-state index in [0.29, 0.717) is 11.8 Å². The maximum Gasteiger partial charge on any atom is 0.00744 e. The molecule has 0 aliphatic heterocycles. The first-order chi connectivity index (χ1) is 6.02. The number of allylic oxidation sites excluding steroid dienone is 3. The summed E-state index contributed by atoms with van der Waals surface area (Å²) in [5.74, 6) is 1.10. The van der Waals surface area contributed by atoms with Crippen molar-refractivity contribution in [3.63, 3.8) is 0 Å². The second-order valence-electron chi connectivity index (χ2n) is 3.67. The van der Waals surface area contributed by atoms with Crippen molar-refractivity contribution in [3.8, 4) is 0 Å². The van der Waals surface area contributed by atoms with Crippen molar-refractivity contribution in [1.29, 1.82) is 0 Å². The van der Waals surface area contributed by atoms with Gasteiger partial charge in [0.15, 0.2) is 0 Å². The van der Waals surface area contributed by atoms with E-state index in [4.69, 9.17) is 5.73 Å². The topological polar surface area (TPSA) is 26.0 Å². The summed E-state index contributed by atoms with van der Waals surface area (Å²) >= 11 is 1.80. The lowest BCUT2D eigenvalue weighted by Gasteiger charge is -2.15. The van der Waals surface area contributed by atoms with Gasteiger partial charge in [0.05, 0.1) is 0 Å². The Kier molecular flexibility index (Phi) is 5.97. The normalized spacial score (nSPS) is 14.4. The average molecular weight is 199 g/mol. The van der Waals surface area contributed by atoms with Crippen LogP contribution in [0, 0.1) is 11.8 Å². The van der Waals surface area contributed by atoms with Gasteiger partial charge in [-0.1, -0.05) is 45.5 Å². The van der Waals surface area contributed by atoms with E-state index in [1.807, 2.05) is 0 Å². The zero-order valence-electron chi connectivity index (χ0n) is 9.29. The Labute approximate surface area is 86.5 Å². The van der Waals surface area contributed by atoms with Crippen LogP contribution in [0.5, 0.6) is 0 Å². The lowest BCUT2D eigenvalue weighted by molar-refractivity contribution is 0.801. The van der Waals surface area contributed by atoms with Crippen molar-refractivity contribution in [1.82, 2.24) is 0 Å². The highest BCUT2D eigenvalue weighted by Gasteiger charge is 2.09. The molecule has 13 heavy (non-hydrogen) atoms. The molecule has 1 nitrogen and oxygen atoms in total. The standard InChI is InChI=1S/C11H21NS/c1-6-10(8(2)3)13-11(7-12)9(4)5/h6-9H,12H2,1-5H3/b10-6-,11-7-. The highest BCUT2D eigenvalue weighted by atomic mass is 32.2. The maximum atomic E-state index is 5.57. The average Bonchev–Trinajstić information content (AvgIpc) is 2.05. The van der Waals surface area contributed by atoms with Gasteiger partial charge in [0.1, 0.15) is 0 Å². The van der Waals surface area contributed by atoms with Gasteiger partial charge >= 0.3 is 0 Å². The van der Waals surface area contributed by atoms with Crippen LogP contribution in [-0.2, 0) is 0 Å². The monoisotopic (exact) mass is 199 g/mol. The third kappa shape index (κ3) is 4.41. The van der Waals surface area contributed by atoms with Crippen molar-refractivity contribution >= 4 is 11.8 Å². The van der Waals surface area contributed by atoms with E-state index >= 15 is 0 Å². The maximum absolute atomic E-state index is 5.57. The number of nitrogens with two attached hydrogens (primary N) is 1. The van der Waals surface area contributed by atoms with Crippen molar-refractivity contribution in [2.24, 2.45) is 17.6 Å². The van der Waals surface area contributed by atoms with E-state index < -0.39 is 0 Å². The molecule has 0 heterocycles. The first kappa shape index (κ1) is 12.6. The minimum atomic E-state index is 0.517. The first-order valence-electron chi connectivity index (χ1n) is 4.78. The summed E-state index contributed by atoms with van der Waals surface area (Å²) in [4.78, 5) is 2.65. The molecule has 76 valence electrons. The molecule has 0 aromatic carbocycles. The summed E-state index contributed by atoms with van der Waals surface area (Å²) in [6.45, 7) is 10.8. The van der Waals surface area contributed by atoms with Gasteiger partial charge in [0.25, 0.3) is 0 Å². The van der Waals surface area contributed by atoms with Gasteiger partial charge in [-0.2, -0.15) is 0 Å². The van der Waals surface area contributed by atoms with E-state index in [-0.39, 0.29) is 0 Å². The summed E-state index contributed by atoms with van der Waals surface area (Å²) in [6.07, 6.45) is 3.89. The molecule has 0 saturated heterocycles. The molecule has 0 atom stereocenters. The molecular weight excluding hydrogens is 178 g/mol. The van der Waals surface area contributed by atoms with Gasteiger partial charge in [0, 0.05) is 11.1 Å². The van der Waals surface area contributed by atoms with E-state index in [2.05, 4.69) is 40.7 Å². The van der Waals surface area contributed by atoms with E-state index in [1.165, 1.54) is 9.81 Å². The largest absolute Gasteiger partial charge is 0.404 e. The fourth-order valence-electron chi connectivity index (χ4n) is 0.991. The molecule has 0 spiro atoms. The molecule has 0 saturated carbocycles. The fourth-order valence-corrected chi connectivity index (χ4v) is 1.92. The highest BCUT2D eigenvalue weighted by molar-refractivity contribution is 8.06. The second kappa shape index (κ2) is 6.14. The van der Waals surface area contributed by atoms with Crippen molar-refractivity contribution < 1.29 is 0 Å². The molecule has 0 rings (SSSR count). The predicted octanol–water partition coefficient (Wildman–Crippen LogP) is 3.74. The van der Waals surface area contributed by atoms with Crippen LogP contribution in [0.2, 0.25) is 0 Å². The Morgan fingerprint density at radius 1 is 1.08 bits per heavy atom. The molecule has 0 aliphatic rings. The Morgan fingerprint density at radius 2 is 1.54 bits per heavy atom. The quantitative estimate of drug-likeness (QED) is 0.746. The number of rotatable bonds is 4. The summed E-state index contributed by atoms with van der Waals surface area (Å²) in [5.41, 5.74) is 5.57. The molecule has 0 aromatic rings. The molecule has 0 aliphatic carbocycles. The molecule has 0 unspecified atom stereocenters. The van der Waals surface area contributed by atoms with Crippen molar-refractivity contribution in [2.45, 2.75) is 34.6 Å². The first-order valence-corrected chi connectivity index (χ1v) is 5.60. The second-order valence-corrected chi connectivity index (χ2v) is 4.82.